The van der Waals surface area contributed by atoms with Crippen molar-refractivity contribution < 1.29 is 9.59 Å². The van der Waals surface area contributed by atoms with E-state index < -0.39 is 0 Å². The number of rotatable bonds is 8. The highest BCUT2D eigenvalue weighted by Crippen LogP contribution is 2.23. The van der Waals surface area contributed by atoms with Crippen LogP contribution in [0.15, 0.2) is 30.3 Å². The zero-order chi connectivity index (χ0) is 21.7. The van der Waals surface area contributed by atoms with Crippen molar-refractivity contribution in [3.05, 3.63) is 52.8 Å². The van der Waals surface area contributed by atoms with Crippen LogP contribution in [-0.2, 0) is 4.79 Å². The largest absolute Gasteiger partial charge is 0.356 e. The highest BCUT2D eigenvalue weighted by molar-refractivity contribution is 5.99. The van der Waals surface area contributed by atoms with Crippen LogP contribution in [0, 0.1) is 26.7 Å². The number of nitrogens with zero attached hydrogens (tertiary/aromatic N) is 2. The van der Waals surface area contributed by atoms with E-state index in [1.165, 1.54) is 5.56 Å². The van der Waals surface area contributed by atoms with Gasteiger partial charge in [0.05, 0.1) is 6.54 Å². The Labute approximate surface area is 180 Å². The normalized spacial score (nSPS) is 17.1. The summed E-state index contributed by atoms with van der Waals surface area (Å²) in [7, 11) is 0. The number of nitrogens with one attached hydrogen (secondary N) is 1. The van der Waals surface area contributed by atoms with Crippen LogP contribution in [0.3, 0.4) is 0 Å². The average molecular weight is 410 g/mol. The van der Waals surface area contributed by atoms with Crippen LogP contribution >= 0.6 is 0 Å². The van der Waals surface area contributed by atoms with Crippen LogP contribution in [0.2, 0.25) is 0 Å². The molecule has 0 radical (unpaired) electrons. The Hall–Kier alpha value is -2.40. The van der Waals surface area contributed by atoms with E-state index in [0.717, 1.165) is 55.0 Å². The van der Waals surface area contributed by atoms with Crippen molar-refractivity contribution in [2.24, 2.45) is 5.92 Å². The fraction of sp³-hybridized carbons (Fsp3) is 0.520. The lowest BCUT2D eigenvalue weighted by molar-refractivity contribution is -0.121. The molecule has 3 rings (SSSR count). The molecule has 0 saturated carbocycles. The van der Waals surface area contributed by atoms with E-state index in [9.17, 15) is 9.59 Å². The number of hydrogen-bond acceptors (Lipinski definition) is 3. The molecular weight excluding hydrogens is 374 g/mol. The number of carbonyl (C=O) groups is 2. The van der Waals surface area contributed by atoms with Gasteiger partial charge in [0, 0.05) is 42.1 Å². The van der Waals surface area contributed by atoms with Crippen LogP contribution < -0.4 is 5.32 Å². The Kier molecular flexibility index (Phi) is 7.48. The van der Waals surface area contributed by atoms with Crippen molar-refractivity contribution in [2.45, 2.75) is 53.4 Å². The first-order valence-electron chi connectivity index (χ1n) is 11.2. The molecule has 2 aromatic rings. The van der Waals surface area contributed by atoms with E-state index in [2.05, 4.69) is 52.9 Å². The van der Waals surface area contributed by atoms with Gasteiger partial charge in [0.25, 0.3) is 0 Å². The number of carbonyl (C=O) groups excluding carboxylic acids is 2. The molecule has 5 nitrogen and oxygen atoms in total. The number of piperidine rings is 1. The first kappa shape index (κ1) is 22.3. The molecule has 1 atom stereocenters. The van der Waals surface area contributed by atoms with Crippen molar-refractivity contribution in [2.75, 3.05) is 26.2 Å². The highest BCUT2D eigenvalue weighted by Gasteiger charge is 2.24. The average Bonchev–Trinajstić information content (AvgIpc) is 3.02. The smallest absolute Gasteiger partial charge is 0.219 e. The third-order valence-electron chi connectivity index (χ3n) is 6.06. The second-order valence-corrected chi connectivity index (χ2v) is 8.68. The van der Waals surface area contributed by atoms with Crippen LogP contribution in [0.1, 0.15) is 59.9 Å². The predicted octanol–water partition coefficient (Wildman–Crippen LogP) is 4.21. The van der Waals surface area contributed by atoms with Gasteiger partial charge in [-0.05, 0) is 70.7 Å². The summed E-state index contributed by atoms with van der Waals surface area (Å²) < 4.78 is 2.16. The Morgan fingerprint density at radius 2 is 1.87 bits per heavy atom. The maximum atomic E-state index is 13.1. The van der Waals surface area contributed by atoms with Gasteiger partial charge < -0.3 is 9.88 Å². The third-order valence-corrected chi connectivity index (χ3v) is 6.06. The van der Waals surface area contributed by atoms with E-state index in [-0.39, 0.29) is 11.7 Å². The first-order chi connectivity index (χ1) is 14.4. The molecule has 5 heteroatoms. The molecule has 1 aliphatic heterocycles. The Balaban J connectivity index is 1.64. The molecule has 0 spiro atoms. The lowest BCUT2D eigenvalue weighted by atomic mass is 9.97. The van der Waals surface area contributed by atoms with Crippen molar-refractivity contribution >= 4 is 11.7 Å². The zero-order valence-electron chi connectivity index (χ0n) is 18.8. The molecule has 1 aliphatic rings. The van der Waals surface area contributed by atoms with E-state index in [1.807, 2.05) is 19.9 Å². The summed E-state index contributed by atoms with van der Waals surface area (Å²) in [5, 5.41) is 3.05. The van der Waals surface area contributed by atoms with Crippen LogP contribution in [0.5, 0.6) is 0 Å². The van der Waals surface area contributed by atoms with Gasteiger partial charge >= 0.3 is 0 Å². The lowest BCUT2D eigenvalue weighted by Gasteiger charge is -2.32. The number of Topliss-reactive ketones (excluding diaryl/α,β-unsaturated/α-hetero) is 1. The second-order valence-electron chi connectivity index (χ2n) is 8.68. The molecule has 162 valence electrons. The molecule has 1 saturated heterocycles. The molecule has 1 amide bonds. The molecule has 1 aromatic carbocycles. The van der Waals surface area contributed by atoms with Gasteiger partial charge in [0.2, 0.25) is 5.91 Å². The van der Waals surface area contributed by atoms with Gasteiger partial charge in [-0.15, -0.1) is 0 Å². The summed E-state index contributed by atoms with van der Waals surface area (Å²) >= 11 is 0. The Morgan fingerprint density at radius 3 is 2.57 bits per heavy atom. The lowest BCUT2D eigenvalue weighted by Crippen LogP contribution is -2.42. The number of aromatic nitrogens is 1. The monoisotopic (exact) mass is 409 g/mol. The molecular formula is C25H35N3O2. The summed E-state index contributed by atoms with van der Waals surface area (Å²) in [5.74, 6) is 0.735. The molecule has 1 aromatic heterocycles. The minimum atomic E-state index is 0.134. The van der Waals surface area contributed by atoms with Gasteiger partial charge in [0.15, 0.2) is 5.78 Å². The first-order valence-corrected chi connectivity index (χ1v) is 11.2. The van der Waals surface area contributed by atoms with E-state index in [0.29, 0.717) is 25.4 Å². The topological polar surface area (TPSA) is 54.3 Å². The summed E-state index contributed by atoms with van der Waals surface area (Å²) in [4.78, 5) is 27.1. The second kappa shape index (κ2) is 10.1. The summed E-state index contributed by atoms with van der Waals surface area (Å²) in [6.07, 6.45) is 3.65. The number of amides is 1. The van der Waals surface area contributed by atoms with E-state index in [1.54, 1.807) is 0 Å². The van der Waals surface area contributed by atoms with Gasteiger partial charge in [-0.25, -0.2) is 0 Å². The molecule has 1 N–H and O–H groups in total. The van der Waals surface area contributed by atoms with Crippen LogP contribution in [-0.4, -0.2) is 47.3 Å². The zero-order valence-corrected chi connectivity index (χ0v) is 18.8. The standard InChI is InChI=1S/C25H35N3O2/c1-5-7-25(30)26-15-21-8-6-13-27(16-21)17-24(29)23-14-19(3)28(20(23)4)22-11-9-18(2)10-12-22/h9-12,14,21H,5-8,13,15-17H2,1-4H3,(H,26,30)/t21-/m1/s1. The summed E-state index contributed by atoms with van der Waals surface area (Å²) in [6.45, 7) is 11.2. The van der Waals surface area contributed by atoms with Gasteiger partial charge in [-0.1, -0.05) is 24.6 Å². The number of ketones is 1. The summed E-state index contributed by atoms with van der Waals surface area (Å²) in [6, 6.07) is 10.4. The van der Waals surface area contributed by atoms with Gasteiger partial charge in [-0.3, -0.25) is 14.5 Å². The molecule has 0 bridgehead atoms. The highest BCUT2D eigenvalue weighted by atomic mass is 16.1. The van der Waals surface area contributed by atoms with Crippen LogP contribution in [0.4, 0.5) is 0 Å². The Bertz CT molecular complexity index is 883. The fourth-order valence-electron chi connectivity index (χ4n) is 4.46. The van der Waals surface area contributed by atoms with Crippen molar-refractivity contribution in [1.82, 2.24) is 14.8 Å². The maximum absolute atomic E-state index is 13.1. The number of benzene rings is 1. The fourth-order valence-corrected chi connectivity index (χ4v) is 4.46. The Morgan fingerprint density at radius 1 is 1.13 bits per heavy atom. The summed E-state index contributed by atoms with van der Waals surface area (Å²) in [5.41, 5.74) is 5.21. The maximum Gasteiger partial charge on any atom is 0.219 e. The van der Waals surface area contributed by atoms with Gasteiger partial charge in [-0.2, -0.15) is 0 Å². The van der Waals surface area contributed by atoms with Crippen molar-refractivity contribution in [1.29, 1.82) is 0 Å². The van der Waals surface area contributed by atoms with Crippen LogP contribution in [0.25, 0.3) is 5.69 Å². The molecule has 2 heterocycles. The number of hydrogen-bond donors (Lipinski definition) is 1. The van der Waals surface area contributed by atoms with E-state index in [4.69, 9.17) is 0 Å². The number of aryl methyl sites for hydroxylation is 2. The third kappa shape index (κ3) is 5.39. The van der Waals surface area contributed by atoms with Gasteiger partial charge in [0.1, 0.15) is 0 Å². The van der Waals surface area contributed by atoms with Crippen molar-refractivity contribution in [3.8, 4) is 5.69 Å². The van der Waals surface area contributed by atoms with E-state index >= 15 is 0 Å². The SMILES string of the molecule is CCCC(=O)NC[C@H]1CCCN(CC(=O)c2cc(C)n(-c3ccc(C)cc3)c2C)C1. The predicted molar refractivity (Wildman–Crippen MR) is 121 cm³/mol. The molecule has 1 fully saturated rings. The molecule has 0 aliphatic carbocycles. The van der Waals surface area contributed by atoms with Crippen molar-refractivity contribution in [3.63, 3.8) is 0 Å². The molecule has 0 unspecified atom stereocenters. The minimum absolute atomic E-state index is 0.134. The minimum Gasteiger partial charge on any atom is -0.356 e. The number of likely N-dealkylation sites (tertiary alicyclic amines) is 1. The quantitative estimate of drug-likeness (QED) is 0.665. The molecule has 30 heavy (non-hydrogen) atoms.